The summed E-state index contributed by atoms with van der Waals surface area (Å²) in [6.45, 7) is 16.7. The summed E-state index contributed by atoms with van der Waals surface area (Å²) in [5, 5.41) is 0. The van der Waals surface area contributed by atoms with Crippen LogP contribution in [0.2, 0.25) is 0 Å². The molecule has 0 radical (unpaired) electrons. The van der Waals surface area contributed by atoms with Gasteiger partial charge in [0.2, 0.25) is 6.29 Å². The quantitative estimate of drug-likeness (QED) is 0.274. The first-order valence-corrected chi connectivity index (χ1v) is 14.2. The summed E-state index contributed by atoms with van der Waals surface area (Å²) in [5.41, 5.74) is 3.47. The molecule has 0 unspecified atom stereocenters. The van der Waals surface area contributed by atoms with Crippen LogP contribution in [-0.4, -0.2) is 24.3 Å². The zero-order valence-electron chi connectivity index (χ0n) is 24.1. The molecule has 1 fully saturated rings. The van der Waals surface area contributed by atoms with E-state index in [9.17, 15) is 9.59 Å². The first kappa shape index (κ1) is 27.7. The highest BCUT2D eigenvalue weighted by atomic mass is 16.7. The van der Waals surface area contributed by atoms with Gasteiger partial charge < -0.3 is 14.2 Å². The molecule has 204 valence electrons. The molecule has 5 heteroatoms. The van der Waals surface area contributed by atoms with E-state index < -0.39 is 6.29 Å². The Morgan fingerprint density at radius 1 is 1.05 bits per heavy atom. The number of carbonyl (C=O) groups is 2. The molecule has 1 heterocycles. The van der Waals surface area contributed by atoms with Crippen molar-refractivity contribution >= 4 is 11.9 Å². The van der Waals surface area contributed by atoms with E-state index in [0.717, 1.165) is 37.9 Å². The fourth-order valence-electron chi connectivity index (χ4n) is 7.11. The van der Waals surface area contributed by atoms with Gasteiger partial charge in [-0.15, -0.1) is 0 Å². The van der Waals surface area contributed by atoms with Crippen molar-refractivity contribution in [2.75, 3.05) is 0 Å². The van der Waals surface area contributed by atoms with Gasteiger partial charge in [0.1, 0.15) is 11.9 Å². The number of hydrogen-bond acceptors (Lipinski definition) is 5. The molecule has 3 aliphatic carbocycles. The minimum atomic E-state index is -0.618. The monoisotopic (exact) mass is 510 g/mol. The minimum Gasteiger partial charge on any atom is -0.462 e. The van der Waals surface area contributed by atoms with Crippen molar-refractivity contribution in [3.05, 3.63) is 46.8 Å². The Balaban J connectivity index is 1.68. The van der Waals surface area contributed by atoms with Crippen molar-refractivity contribution in [1.82, 2.24) is 0 Å². The Kier molecular flexibility index (Phi) is 7.84. The van der Waals surface area contributed by atoms with Crippen LogP contribution in [0.1, 0.15) is 93.9 Å². The molecule has 0 saturated heterocycles. The van der Waals surface area contributed by atoms with Gasteiger partial charge in [-0.3, -0.25) is 9.59 Å². The van der Waals surface area contributed by atoms with E-state index in [0.29, 0.717) is 30.1 Å². The summed E-state index contributed by atoms with van der Waals surface area (Å²) in [7, 11) is 0. The summed E-state index contributed by atoms with van der Waals surface area (Å²) in [6, 6.07) is 0. The molecule has 0 aromatic carbocycles. The molecule has 0 bridgehead atoms. The minimum absolute atomic E-state index is 0.0878. The van der Waals surface area contributed by atoms with Gasteiger partial charge in [-0.25, -0.2) is 0 Å². The van der Waals surface area contributed by atoms with Gasteiger partial charge >= 0.3 is 11.9 Å². The number of esters is 2. The highest BCUT2D eigenvalue weighted by Gasteiger charge is 2.53. The maximum absolute atomic E-state index is 12.1. The van der Waals surface area contributed by atoms with Gasteiger partial charge in [0.15, 0.2) is 0 Å². The average molecular weight is 511 g/mol. The third-order valence-corrected chi connectivity index (χ3v) is 9.66. The number of fused-ring (bicyclic) bond motifs is 4. The van der Waals surface area contributed by atoms with E-state index in [2.05, 4.69) is 65.8 Å². The summed E-state index contributed by atoms with van der Waals surface area (Å²) in [6.07, 6.45) is 13.6. The molecule has 1 aliphatic heterocycles. The first-order chi connectivity index (χ1) is 17.3. The van der Waals surface area contributed by atoms with E-state index in [4.69, 9.17) is 14.2 Å². The Morgan fingerprint density at radius 3 is 2.41 bits per heavy atom. The lowest BCUT2D eigenvalue weighted by Crippen LogP contribution is -2.37. The largest absolute Gasteiger partial charge is 0.462 e. The van der Waals surface area contributed by atoms with E-state index in [1.165, 1.54) is 30.6 Å². The van der Waals surface area contributed by atoms with Crippen LogP contribution in [0.15, 0.2) is 46.8 Å². The van der Waals surface area contributed by atoms with Crippen LogP contribution >= 0.6 is 0 Å². The molecule has 37 heavy (non-hydrogen) atoms. The molecule has 1 saturated carbocycles. The number of hydrogen-bond donors (Lipinski definition) is 0. The van der Waals surface area contributed by atoms with Crippen molar-refractivity contribution in [2.24, 2.45) is 34.5 Å². The highest BCUT2D eigenvalue weighted by molar-refractivity contribution is 5.66. The molecule has 0 aromatic heterocycles. The smallest absolute Gasteiger partial charge is 0.305 e. The zero-order chi connectivity index (χ0) is 27.1. The lowest BCUT2D eigenvalue weighted by Gasteiger charge is -2.44. The number of rotatable bonds is 6. The molecule has 4 rings (SSSR count). The topological polar surface area (TPSA) is 61.8 Å². The maximum Gasteiger partial charge on any atom is 0.305 e. The van der Waals surface area contributed by atoms with Crippen LogP contribution in [0.5, 0.6) is 0 Å². The second kappa shape index (κ2) is 10.5. The number of allylic oxidation sites excluding steroid dienone is 7. The van der Waals surface area contributed by atoms with Crippen LogP contribution in [0.3, 0.4) is 0 Å². The second-order valence-corrected chi connectivity index (χ2v) is 12.6. The van der Waals surface area contributed by atoms with E-state index in [1.807, 2.05) is 0 Å². The second-order valence-electron chi connectivity index (χ2n) is 12.6. The van der Waals surface area contributed by atoms with Crippen molar-refractivity contribution < 1.29 is 23.8 Å². The zero-order valence-corrected chi connectivity index (χ0v) is 24.1. The van der Waals surface area contributed by atoms with E-state index in [1.54, 1.807) is 0 Å². The number of ether oxygens (including phenoxy) is 3. The Labute approximate surface area is 223 Å². The van der Waals surface area contributed by atoms with Gasteiger partial charge in [-0.05, 0) is 67.4 Å². The summed E-state index contributed by atoms with van der Waals surface area (Å²) < 4.78 is 18.1. The van der Waals surface area contributed by atoms with Gasteiger partial charge in [-0.1, -0.05) is 64.5 Å². The first-order valence-electron chi connectivity index (χ1n) is 14.2. The maximum atomic E-state index is 12.1. The standard InChI is InChI=1S/C32H46O5/c1-19(2)20(3)9-10-21(4)27-13-14-28-26-12-11-24-17-25(35-22(5)33)15-16-31(24,7)30(26)37-29(36-23(6)34)18-32(27,28)8/h9-11,14,19-21,25,27,29H,12-13,15-18H2,1-8H3/b10-9+/t20-,21+,25-,27+,29+,31-,32+/m0/s1. The van der Waals surface area contributed by atoms with Crippen LogP contribution in [-0.2, 0) is 23.8 Å². The molecule has 0 spiro atoms. The third kappa shape index (κ3) is 5.33. The van der Waals surface area contributed by atoms with Crippen LogP contribution in [0.25, 0.3) is 0 Å². The fourth-order valence-corrected chi connectivity index (χ4v) is 7.11. The lowest BCUT2D eigenvalue weighted by atomic mass is 9.62. The third-order valence-electron chi connectivity index (χ3n) is 9.66. The summed E-state index contributed by atoms with van der Waals surface area (Å²) in [4.78, 5) is 23.7. The van der Waals surface area contributed by atoms with Gasteiger partial charge in [0.25, 0.3) is 0 Å². The van der Waals surface area contributed by atoms with Gasteiger partial charge in [0.05, 0.1) is 0 Å². The van der Waals surface area contributed by atoms with Crippen LogP contribution in [0, 0.1) is 34.5 Å². The lowest BCUT2D eigenvalue weighted by molar-refractivity contribution is -0.177. The molecule has 5 nitrogen and oxygen atoms in total. The highest BCUT2D eigenvalue weighted by Crippen LogP contribution is 2.61. The molecule has 0 amide bonds. The Hall–Kier alpha value is -2.30. The van der Waals surface area contributed by atoms with E-state index >= 15 is 0 Å². The van der Waals surface area contributed by atoms with Gasteiger partial charge in [0, 0.05) is 37.5 Å². The molecule has 0 N–H and O–H groups in total. The fraction of sp³-hybridized carbons (Fsp3) is 0.688. The Morgan fingerprint density at radius 2 is 1.76 bits per heavy atom. The van der Waals surface area contributed by atoms with E-state index in [-0.39, 0.29) is 28.9 Å². The van der Waals surface area contributed by atoms with Crippen molar-refractivity contribution in [3.8, 4) is 0 Å². The van der Waals surface area contributed by atoms with Crippen LogP contribution < -0.4 is 0 Å². The molecule has 0 aromatic rings. The Bertz CT molecular complexity index is 1050. The van der Waals surface area contributed by atoms with Crippen LogP contribution in [0.4, 0.5) is 0 Å². The van der Waals surface area contributed by atoms with Crippen molar-refractivity contribution in [3.63, 3.8) is 0 Å². The molecular weight excluding hydrogens is 464 g/mol. The molecule has 7 atom stereocenters. The predicted molar refractivity (Wildman–Crippen MR) is 145 cm³/mol. The number of carbonyl (C=O) groups excluding carboxylic acids is 2. The SMILES string of the molecule is CC(=O)O[C@H]1CC[C@@]2(C)C(=CCC3=C2O[C@@H](OC(C)=O)C[C@@]2(C)C3=CC[C@@H]2[C@H](C)/C=C/[C@H](C)C(C)C)C1. The van der Waals surface area contributed by atoms with Crippen molar-refractivity contribution in [1.29, 1.82) is 0 Å². The summed E-state index contributed by atoms with van der Waals surface area (Å²) in [5.74, 6) is 2.37. The normalized spacial score (nSPS) is 34.9. The average Bonchev–Trinajstić information content (AvgIpc) is 3.07. The molecule has 4 aliphatic rings. The molecular formula is C32H46O5. The predicted octanol–water partition coefficient (Wildman–Crippen LogP) is 7.44. The summed E-state index contributed by atoms with van der Waals surface area (Å²) >= 11 is 0. The van der Waals surface area contributed by atoms with Gasteiger partial charge in [-0.2, -0.15) is 0 Å². The van der Waals surface area contributed by atoms with Crippen molar-refractivity contribution in [2.45, 2.75) is 106 Å².